The summed E-state index contributed by atoms with van der Waals surface area (Å²) in [5, 5.41) is 20.6. The van der Waals surface area contributed by atoms with Gasteiger partial charge >= 0.3 is 5.97 Å². The van der Waals surface area contributed by atoms with E-state index in [9.17, 15) is 15.0 Å². The Hall–Kier alpha value is -2.77. The summed E-state index contributed by atoms with van der Waals surface area (Å²) in [7, 11) is 2.76. The number of benzene rings is 1. The number of methoxy groups -OCH3 is 2. The smallest absolute Gasteiger partial charge is 0.341 e. The second-order valence-corrected chi connectivity index (χ2v) is 6.91. The third kappa shape index (κ3) is 4.74. The van der Waals surface area contributed by atoms with Crippen molar-refractivity contribution in [3.05, 3.63) is 53.3 Å². The maximum Gasteiger partial charge on any atom is 0.341 e. The van der Waals surface area contributed by atoms with Gasteiger partial charge in [-0.3, -0.25) is 0 Å². The summed E-state index contributed by atoms with van der Waals surface area (Å²) in [6.07, 6.45) is 6.63. The Bertz CT molecular complexity index is 815. The second kappa shape index (κ2) is 8.50. The normalized spacial score (nSPS) is 20.2. The molecule has 0 aliphatic carbocycles. The standard InChI is InChI=1S/C21H26O7/c1-14(16(12-25-4)19(22)26-5)7-6-8-15-9-10-17-18(11-15)28-21(24,13-27-17)20(2,3)23/h6-12,23-24H,13H2,1-5H3. The Morgan fingerprint density at radius 2 is 2.00 bits per heavy atom. The van der Waals surface area contributed by atoms with Gasteiger partial charge in [0.1, 0.15) is 5.60 Å². The predicted octanol–water partition coefficient (Wildman–Crippen LogP) is 2.58. The zero-order valence-corrected chi connectivity index (χ0v) is 16.7. The van der Waals surface area contributed by atoms with Crippen LogP contribution in [-0.4, -0.2) is 48.4 Å². The van der Waals surface area contributed by atoms with Crippen molar-refractivity contribution in [3.8, 4) is 11.5 Å². The van der Waals surface area contributed by atoms with Crippen LogP contribution in [0.5, 0.6) is 11.5 Å². The molecule has 1 aliphatic heterocycles. The monoisotopic (exact) mass is 390 g/mol. The Morgan fingerprint density at radius 1 is 1.29 bits per heavy atom. The van der Waals surface area contributed by atoms with E-state index in [4.69, 9.17) is 18.9 Å². The van der Waals surface area contributed by atoms with E-state index in [0.717, 1.165) is 5.56 Å². The maximum atomic E-state index is 11.8. The highest BCUT2D eigenvalue weighted by molar-refractivity contribution is 5.93. The van der Waals surface area contributed by atoms with Gasteiger partial charge in [0.15, 0.2) is 18.1 Å². The van der Waals surface area contributed by atoms with Gasteiger partial charge in [-0.05, 0) is 44.0 Å². The number of allylic oxidation sites excluding steroid dienone is 2. The van der Waals surface area contributed by atoms with Gasteiger partial charge in [0, 0.05) is 0 Å². The number of esters is 1. The summed E-state index contributed by atoms with van der Waals surface area (Å²) in [6, 6.07) is 5.24. The van der Waals surface area contributed by atoms with Crippen molar-refractivity contribution in [3.63, 3.8) is 0 Å². The molecule has 0 radical (unpaired) electrons. The van der Waals surface area contributed by atoms with Crippen LogP contribution in [0.1, 0.15) is 26.3 Å². The fourth-order valence-corrected chi connectivity index (χ4v) is 2.44. The topological polar surface area (TPSA) is 94.5 Å². The van der Waals surface area contributed by atoms with E-state index in [1.807, 2.05) is 6.07 Å². The Balaban J connectivity index is 2.21. The first-order valence-electron chi connectivity index (χ1n) is 8.68. The quantitative estimate of drug-likeness (QED) is 0.334. The van der Waals surface area contributed by atoms with E-state index >= 15 is 0 Å². The van der Waals surface area contributed by atoms with E-state index in [1.54, 1.807) is 37.3 Å². The lowest BCUT2D eigenvalue weighted by atomic mass is 9.97. The van der Waals surface area contributed by atoms with Gasteiger partial charge in [-0.1, -0.05) is 24.3 Å². The highest BCUT2D eigenvalue weighted by atomic mass is 16.7. The SMILES string of the molecule is COC=C(C(=O)OC)C(C)=CC=Cc1ccc2c(c1)OC(O)(C(C)(C)O)CO2. The number of hydrogen-bond donors (Lipinski definition) is 2. The van der Waals surface area contributed by atoms with Crippen molar-refractivity contribution in [2.45, 2.75) is 32.2 Å². The predicted molar refractivity (Wildman–Crippen MR) is 104 cm³/mol. The molecule has 28 heavy (non-hydrogen) atoms. The van der Waals surface area contributed by atoms with Crippen LogP contribution in [-0.2, 0) is 14.3 Å². The molecule has 0 bridgehead atoms. The number of ether oxygens (including phenoxy) is 4. The molecule has 1 unspecified atom stereocenters. The van der Waals surface area contributed by atoms with Crippen LogP contribution in [0, 0.1) is 0 Å². The molecular weight excluding hydrogens is 364 g/mol. The number of carbonyl (C=O) groups excluding carboxylic acids is 1. The summed E-state index contributed by atoms with van der Waals surface area (Å²) < 4.78 is 20.8. The van der Waals surface area contributed by atoms with Gasteiger partial charge in [-0.15, -0.1) is 0 Å². The molecular formula is C21H26O7. The van der Waals surface area contributed by atoms with Crippen LogP contribution >= 0.6 is 0 Å². The molecule has 0 fully saturated rings. The van der Waals surface area contributed by atoms with Gasteiger partial charge in [0.05, 0.1) is 26.1 Å². The Morgan fingerprint density at radius 3 is 2.61 bits per heavy atom. The lowest BCUT2D eigenvalue weighted by molar-refractivity contribution is -0.266. The van der Waals surface area contributed by atoms with Crippen LogP contribution < -0.4 is 9.47 Å². The number of aliphatic hydroxyl groups is 2. The number of fused-ring (bicyclic) bond motifs is 1. The molecule has 152 valence electrons. The van der Waals surface area contributed by atoms with Crippen molar-refractivity contribution in [2.75, 3.05) is 20.8 Å². The van der Waals surface area contributed by atoms with Gasteiger partial charge < -0.3 is 29.2 Å². The molecule has 1 heterocycles. The maximum absolute atomic E-state index is 11.8. The largest absolute Gasteiger partial charge is 0.503 e. The minimum atomic E-state index is -1.85. The molecule has 7 nitrogen and oxygen atoms in total. The molecule has 0 saturated carbocycles. The Kier molecular flexibility index (Phi) is 6.53. The van der Waals surface area contributed by atoms with Gasteiger partial charge in [-0.25, -0.2) is 4.79 Å². The molecule has 2 N–H and O–H groups in total. The first-order valence-corrected chi connectivity index (χ1v) is 8.68. The number of rotatable bonds is 6. The first kappa shape index (κ1) is 21.5. The highest BCUT2D eigenvalue weighted by Crippen LogP contribution is 2.39. The number of hydrogen-bond acceptors (Lipinski definition) is 7. The zero-order chi connectivity index (χ0) is 20.9. The molecule has 1 atom stereocenters. The molecule has 1 aromatic rings. The van der Waals surface area contributed by atoms with Crippen molar-refractivity contribution < 1.29 is 34.0 Å². The van der Waals surface area contributed by atoms with Crippen LogP contribution in [0.4, 0.5) is 0 Å². The van der Waals surface area contributed by atoms with Crippen molar-refractivity contribution in [1.82, 2.24) is 0 Å². The molecule has 0 aromatic heterocycles. The molecule has 0 spiro atoms. The van der Waals surface area contributed by atoms with E-state index in [0.29, 0.717) is 22.6 Å². The highest BCUT2D eigenvalue weighted by Gasteiger charge is 2.48. The Labute approximate surface area is 164 Å². The van der Waals surface area contributed by atoms with Crippen molar-refractivity contribution in [2.24, 2.45) is 0 Å². The average Bonchev–Trinajstić information content (AvgIpc) is 2.64. The zero-order valence-electron chi connectivity index (χ0n) is 16.7. The summed E-state index contributed by atoms with van der Waals surface area (Å²) in [6.45, 7) is 4.48. The van der Waals surface area contributed by atoms with Gasteiger partial charge in [0.2, 0.25) is 0 Å². The summed E-state index contributed by atoms with van der Waals surface area (Å²) in [5.41, 5.74) is 0.252. The van der Waals surface area contributed by atoms with E-state index in [2.05, 4.69) is 0 Å². The third-order valence-electron chi connectivity index (χ3n) is 4.33. The lowest BCUT2D eigenvalue weighted by Crippen LogP contribution is -2.59. The van der Waals surface area contributed by atoms with Crippen LogP contribution in [0.15, 0.2) is 47.8 Å². The first-order chi connectivity index (χ1) is 13.1. The van der Waals surface area contributed by atoms with Crippen molar-refractivity contribution >= 4 is 12.0 Å². The minimum absolute atomic E-state index is 0.178. The van der Waals surface area contributed by atoms with Crippen LogP contribution in [0.3, 0.4) is 0 Å². The summed E-state index contributed by atoms with van der Waals surface area (Å²) in [5.74, 6) is -1.53. The molecule has 1 aromatic carbocycles. The molecule has 7 heteroatoms. The third-order valence-corrected chi connectivity index (χ3v) is 4.33. The number of carbonyl (C=O) groups is 1. The van der Waals surface area contributed by atoms with E-state index < -0.39 is 17.4 Å². The van der Waals surface area contributed by atoms with Crippen molar-refractivity contribution in [1.29, 1.82) is 0 Å². The van der Waals surface area contributed by atoms with Crippen LogP contribution in [0.25, 0.3) is 6.08 Å². The van der Waals surface area contributed by atoms with Crippen LogP contribution in [0.2, 0.25) is 0 Å². The van der Waals surface area contributed by atoms with Gasteiger partial charge in [0.25, 0.3) is 5.79 Å². The van der Waals surface area contributed by atoms with Gasteiger partial charge in [-0.2, -0.15) is 0 Å². The minimum Gasteiger partial charge on any atom is -0.503 e. The molecule has 2 rings (SSSR count). The second-order valence-electron chi connectivity index (χ2n) is 6.91. The average molecular weight is 390 g/mol. The van der Waals surface area contributed by atoms with E-state index in [-0.39, 0.29) is 6.61 Å². The molecule has 0 amide bonds. The van der Waals surface area contributed by atoms with E-state index in [1.165, 1.54) is 34.3 Å². The summed E-state index contributed by atoms with van der Waals surface area (Å²) in [4.78, 5) is 11.8. The fourth-order valence-electron chi connectivity index (χ4n) is 2.44. The fraction of sp³-hybridized carbons (Fsp3) is 0.381. The molecule has 1 aliphatic rings. The summed E-state index contributed by atoms with van der Waals surface area (Å²) >= 11 is 0. The molecule has 0 saturated heterocycles. The lowest BCUT2D eigenvalue weighted by Gasteiger charge is -2.41.